The van der Waals surface area contributed by atoms with E-state index in [1.807, 2.05) is 52.3 Å². The van der Waals surface area contributed by atoms with Crippen LogP contribution < -0.4 is 21.3 Å². The quantitative estimate of drug-likeness (QED) is 0.0584. The van der Waals surface area contributed by atoms with Crippen molar-refractivity contribution in [1.29, 1.82) is 0 Å². The van der Waals surface area contributed by atoms with Crippen LogP contribution in [0.25, 0.3) is 10.8 Å². The first-order chi connectivity index (χ1) is 36.2. The van der Waals surface area contributed by atoms with Gasteiger partial charge < -0.3 is 56.8 Å². The Kier molecular flexibility index (Phi) is 23.6. The van der Waals surface area contributed by atoms with Gasteiger partial charge in [-0.1, -0.05) is 42.5 Å². The van der Waals surface area contributed by atoms with Gasteiger partial charge in [-0.2, -0.15) is 0 Å². The molecule has 3 aliphatic rings. The molecule has 418 valence electrons. The van der Waals surface area contributed by atoms with E-state index in [0.717, 1.165) is 16.3 Å². The Morgan fingerprint density at radius 3 is 1.62 bits per heavy atom. The lowest BCUT2D eigenvalue weighted by Crippen LogP contribution is -2.53. The number of urea groups is 1. The molecule has 25 heteroatoms. The van der Waals surface area contributed by atoms with Crippen LogP contribution in [0.1, 0.15) is 63.4 Å². The number of rotatable bonds is 25. The van der Waals surface area contributed by atoms with Crippen LogP contribution in [0.15, 0.2) is 42.5 Å². The number of hydrogen-bond donors (Lipinski definition) is 10. The van der Waals surface area contributed by atoms with Gasteiger partial charge in [-0.3, -0.25) is 53.2 Å². The van der Waals surface area contributed by atoms with Gasteiger partial charge in [-0.15, -0.1) is 0 Å². The first-order valence-corrected chi connectivity index (χ1v) is 25.9. The van der Waals surface area contributed by atoms with Crippen molar-refractivity contribution in [2.75, 3.05) is 98.2 Å². The monoisotopic (exact) mass is 1070 g/mol. The zero-order chi connectivity index (χ0) is 55.3. The van der Waals surface area contributed by atoms with E-state index in [9.17, 15) is 73.5 Å². The molecule has 2 aromatic rings. The van der Waals surface area contributed by atoms with Gasteiger partial charge in [0.2, 0.25) is 17.7 Å². The lowest BCUT2D eigenvalue weighted by molar-refractivity contribution is -0.141. The van der Waals surface area contributed by atoms with Crippen molar-refractivity contribution in [2.45, 2.75) is 82.3 Å². The number of carboxylic acid groups (broad SMARTS) is 6. The maximum atomic E-state index is 14.1. The molecule has 6 atom stereocenters. The molecule has 1 aliphatic carbocycles. The minimum atomic E-state index is -1.55. The van der Waals surface area contributed by atoms with Crippen molar-refractivity contribution in [2.24, 2.45) is 17.8 Å². The van der Waals surface area contributed by atoms with Gasteiger partial charge >= 0.3 is 41.8 Å². The Hall–Kier alpha value is -6.96. The number of unbranched alkanes of at least 4 members (excludes halogenated alkanes) is 1. The summed E-state index contributed by atoms with van der Waals surface area (Å²) in [5.74, 6) is -8.19. The van der Waals surface area contributed by atoms with Crippen molar-refractivity contribution >= 4 is 70.3 Å². The highest BCUT2D eigenvalue weighted by molar-refractivity contribution is 5.90. The zero-order valence-corrected chi connectivity index (χ0v) is 42.7. The number of benzene rings is 2. The van der Waals surface area contributed by atoms with E-state index in [1.165, 1.54) is 0 Å². The molecular weight excluding hydrogens is 995 g/mol. The summed E-state index contributed by atoms with van der Waals surface area (Å²) in [4.78, 5) is 133. The Balaban J connectivity index is 1.16. The lowest BCUT2D eigenvalue weighted by Gasteiger charge is -2.44. The van der Waals surface area contributed by atoms with Gasteiger partial charge in [0.05, 0.1) is 26.2 Å². The minimum Gasteiger partial charge on any atom is -0.481 e. The third-order valence-electron chi connectivity index (χ3n) is 14.4. The molecule has 3 fully saturated rings. The molecular formula is C51H73N9O16. The van der Waals surface area contributed by atoms with Crippen LogP contribution in [0.5, 0.6) is 0 Å². The van der Waals surface area contributed by atoms with Gasteiger partial charge in [0.25, 0.3) is 0 Å². The molecule has 2 saturated heterocycles. The summed E-state index contributed by atoms with van der Waals surface area (Å²) in [6.45, 7) is 2.53. The summed E-state index contributed by atoms with van der Waals surface area (Å²) in [6, 6.07) is 8.53. The number of piperidine rings is 1. The highest BCUT2D eigenvalue weighted by Gasteiger charge is 2.39. The van der Waals surface area contributed by atoms with E-state index < -0.39 is 84.6 Å². The summed E-state index contributed by atoms with van der Waals surface area (Å²) in [5.41, 5.74) is 0.814. The molecule has 0 bridgehead atoms. The third-order valence-corrected chi connectivity index (χ3v) is 14.4. The predicted molar refractivity (Wildman–Crippen MR) is 272 cm³/mol. The number of likely N-dealkylation sites (tertiary alicyclic amines) is 1. The number of nitrogens with one attached hydrogen (secondary N) is 4. The molecule has 0 spiro atoms. The predicted octanol–water partition coefficient (Wildman–Crippen LogP) is -0.0358. The van der Waals surface area contributed by atoms with Crippen LogP contribution in [0, 0.1) is 17.8 Å². The van der Waals surface area contributed by atoms with E-state index in [1.54, 1.807) is 14.7 Å². The highest BCUT2D eigenvalue weighted by atomic mass is 16.4. The van der Waals surface area contributed by atoms with E-state index >= 15 is 0 Å². The number of amides is 5. The van der Waals surface area contributed by atoms with Crippen molar-refractivity contribution in [3.8, 4) is 0 Å². The molecule has 5 amide bonds. The molecule has 4 unspecified atom stereocenters. The normalized spacial score (nSPS) is 20.5. The van der Waals surface area contributed by atoms with Crippen LogP contribution in [-0.4, -0.2) is 231 Å². The Bertz CT molecular complexity index is 2340. The molecule has 0 radical (unpaired) electrons. The number of nitrogens with zero attached hydrogens (tertiary/aromatic N) is 5. The van der Waals surface area contributed by atoms with Gasteiger partial charge in [-0.25, -0.2) is 14.4 Å². The Morgan fingerprint density at radius 1 is 0.539 bits per heavy atom. The fraction of sp³-hybridized carbons (Fsp3) is 0.608. The third kappa shape index (κ3) is 20.3. The number of fused-ring (bicyclic) bond motifs is 2. The smallest absolute Gasteiger partial charge is 0.326 e. The van der Waals surface area contributed by atoms with Gasteiger partial charge in [0, 0.05) is 90.8 Å². The van der Waals surface area contributed by atoms with Crippen LogP contribution in [0.2, 0.25) is 0 Å². The molecule has 2 heterocycles. The Labute approximate surface area is 439 Å². The first-order valence-electron chi connectivity index (χ1n) is 25.9. The average Bonchev–Trinajstić information content (AvgIpc) is 3.36. The van der Waals surface area contributed by atoms with Crippen LogP contribution in [-0.2, 0) is 49.6 Å². The Morgan fingerprint density at radius 2 is 1.08 bits per heavy atom. The summed E-state index contributed by atoms with van der Waals surface area (Å²) in [5, 5.41) is 68.8. The summed E-state index contributed by atoms with van der Waals surface area (Å²) in [7, 11) is 0. The highest BCUT2D eigenvalue weighted by Crippen LogP contribution is 2.39. The van der Waals surface area contributed by atoms with E-state index in [-0.39, 0.29) is 115 Å². The minimum absolute atomic E-state index is 0.0319. The van der Waals surface area contributed by atoms with E-state index in [4.69, 9.17) is 5.11 Å². The molecule has 76 heavy (non-hydrogen) atoms. The summed E-state index contributed by atoms with van der Waals surface area (Å²) in [6.07, 6.45) is 2.12. The number of carbonyl (C=O) groups excluding carboxylic acids is 4. The fourth-order valence-corrected chi connectivity index (χ4v) is 10.2. The standard InChI is InChI=1S/C51H73N9O16/c61-42(29-56-17-19-57(30-44(64)65)21-23-59(32-46(68)69)24-22-58(20-18-56)31-45(66)67)60-16-14-36-27-37(10-11-38(36)28-60)47(70)53-41(26-33-8-9-34-5-1-2-6-35(34)25-33)48(71)52-15-4-3-7-39(49(72)73)54-51(76)55-40(50(74)75)12-13-43(62)63/h1-2,5-6,8-9,25,36-41H,3-4,7,10-24,26-32H2,(H,52,71)(H,53,70)(H,62,63)(H,64,65)(H,66,67)(H,68,69)(H,72,73)(H,74,75)(H2,54,55,76)/t36?,37?,38?,39?,40-,41-/m0/s1. The maximum Gasteiger partial charge on any atom is 0.326 e. The average molecular weight is 1070 g/mol. The van der Waals surface area contributed by atoms with Crippen molar-refractivity contribution in [3.05, 3.63) is 48.0 Å². The van der Waals surface area contributed by atoms with Gasteiger partial charge in [0.15, 0.2) is 0 Å². The second kappa shape index (κ2) is 30.0. The van der Waals surface area contributed by atoms with Crippen LogP contribution in [0.4, 0.5) is 4.79 Å². The number of carboxylic acids is 6. The van der Waals surface area contributed by atoms with Crippen molar-refractivity contribution < 1.29 is 78.6 Å². The molecule has 10 N–H and O–H groups in total. The molecule has 25 nitrogen and oxygen atoms in total. The molecule has 5 rings (SSSR count). The SMILES string of the molecule is O=C(O)CC[C@H](NC(=O)NC(CCCCNC(=O)[C@H](Cc1ccc2ccccc2c1)NC(=O)C1CCC2CN(C(=O)CN3CCN(CC(=O)O)CCN(CC(=O)O)CCN(CC(=O)O)CC3)CCC2C1)C(=O)O)C(=O)O. The largest absolute Gasteiger partial charge is 0.481 e. The van der Waals surface area contributed by atoms with E-state index in [0.29, 0.717) is 58.3 Å². The molecule has 0 aromatic heterocycles. The zero-order valence-electron chi connectivity index (χ0n) is 42.7. The first kappa shape index (κ1) is 59.9. The van der Waals surface area contributed by atoms with Crippen LogP contribution in [0.3, 0.4) is 0 Å². The van der Waals surface area contributed by atoms with Crippen molar-refractivity contribution in [1.82, 2.24) is 45.8 Å². The van der Waals surface area contributed by atoms with E-state index in [2.05, 4.69) is 21.3 Å². The molecule has 2 aliphatic heterocycles. The fourth-order valence-electron chi connectivity index (χ4n) is 10.2. The second-order valence-electron chi connectivity index (χ2n) is 20.0. The second-order valence-corrected chi connectivity index (χ2v) is 20.0. The number of hydrogen-bond acceptors (Lipinski definition) is 14. The lowest BCUT2D eigenvalue weighted by atomic mass is 9.70. The van der Waals surface area contributed by atoms with Crippen LogP contribution >= 0.6 is 0 Å². The van der Waals surface area contributed by atoms with Crippen molar-refractivity contribution in [3.63, 3.8) is 0 Å². The summed E-state index contributed by atoms with van der Waals surface area (Å²) >= 11 is 0. The van der Waals surface area contributed by atoms with Gasteiger partial charge in [-0.05, 0) is 79.5 Å². The number of carbonyl (C=O) groups is 10. The topological polar surface area (TPSA) is 356 Å². The summed E-state index contributed by atoms with van der Waals surface area (Å²) < 4.78 is 0. The molecule has 2 aromatic carbocycles. The number of aliphatic carboxylic acids is 6. The van der Waals surface area contributed by atoms with Gasteiger partial charge in [0.1, 0.15) is 18.1 Å². The molecule has 1 saturated carbocycles. The maximum absolute atomic E-state index is 14.1.